The number of aliphatic hydroxyl groups is 2. The Morgan fingerprint density at radius 2 is 1.87 bits per heavy atom. The molecule has 7 atom stereocenters. The van der Waals surface area contributed by atoms with Crippen LogP contribution in [0.3, 0.4) is 0 Å². The molecule has 7 heteroatoms. The van der Waals surface area contributed by atoms with Gasteiger partial charge in [0.2, 0.25) is 0 Å². The van der Waals surface area contributed by atoms with Crippen molar-refractivity contribution in [1.82, 2.24) is 4.98 Å². The number of aromatic nitrogens is 1. The summed E-state index contributed by atoms with van der Waals surface area (Å²) >= 11 is 0. The number of carbonyl (C=O) groups excluding carboxylic acids is 2. The molecule has 0 aliphatic carbocycles. The summed E-state index contributed by atoms with van der Waals surface area (Å²) in [6, 6.07) is 11.6. The van der Waals surface area contributed by atoms with Crippen molar-refractivity contribution in [2.45, 2.75) is 96.2 Å². The smallest absolute Gasteiger partial charge is 0.309 e. The third kappa shape index (κ3) is 6.00. The fraction of sp³-hybridized carbons (Fsp3) is 0.581. The number of hydrogen-bond acceptors (Lipinski definition) is 7. The van der Waals surface area contributed by atoms with Crippen LogP contribution in [0.25, 0.3) is 10.9 Å². The first-order chi connectivity index (χ1) is 18.0. The highest BCUT2D eigenvalue weighted by Crippen LogP contribution is 2.46. The van der Waals surface area contributed by atoms with Gasteiger partial charge in [0.05, 0.1) is 47.0 Å². The van der Waals surface area contributed by atoms with E-state index in [9.17, 15) is 19.8 Å². The summed E-state index contributed by atoms with van der Waals surface area (Å²) in [6.45, 7) is 11.0. The van der Waals surface area contributed by atoms with E-state index in [0.717, 1.165) is 30.2 Å². The largest absolute Gasteiger partial charge is 0.456 e. The highest BCUT2D eigenvalue weighted by molar-refractivity contribution is 5.88. The standard InChI is InChI=1S/C31H41NO6/c1-6-10-21-28(35)19(2)11-9-16-31(5)26(38-31)17-24(23-15-14-20-12-7-8-13-22(20)32-23)37-27(34)18-25(33)30(3,4)29(21)36/h6-8,12-15,19,21,24-26,28,33,35H,1,9-11,16-18H2,2-5H3/t19-,21+,24-,25-,26?,28+,31?/m0/s1. The van der Waals surface area contributed by atoms with Crippen molar-refractivity contribution < 1.29 is 29.3 Å². The van der Waals surface area contributed by atoms with E-state index in [-0.39, 0.29) is 29.8 Å². The van der Waals surface area contributed by atoms with Crippen molar-refractivity contribution in [1.29, 1.82) is 0 Å². The van der Waals surface area contributed by atoms with Crippen LogP contribution in [0.5, 0.6) is 0 Å². The molecule has 1 aromatic heterocycles. The normalized spacial score (nSPS) is 34.8. The summed E-state index contributed by atoms with van der Waals surface area (Å²) < 4.78 is 12.0. The number of benzene rings is 1. The number of esters is 1. The van der Waals surface area contributed by atoms with Crippen LogP contribution in [0.1, 0.15) is 78.0 Å². The molecule has 4 rings (SSSR count). The van der Waals surface area contributed by atoms with Gasteiger partial charge in [-0.15, -0.1) is 6.58 Å². The maximum absolute atomic E-state index is 13.6. The third-order valence-corrected chi connectivity index (χ3v) is 8.60. The van der Waals surface area contributed by atoms with Crippen molar-refractivity contribution in [3.63, 3.8) is 0 Å². The Morgan fingerprint density at radius 3 is 2.61 bits per heavy atom. The van der Waals surface area contributed by atoms with E-state index in [1.54, 1.807) is 19.9 Å². The van der Waals surface area contributed by atoms with E-state index in [0.29, 0.717) is 18.5 Å². The van der Waals surface area contributed by atoms with Crippen molar-refractivity contribution in [2.75, 3.05) is 0 Å². The lowest BCUT2D eigenvalue weighted by Gasteiger charge is -2.35. The second kappa shape index (κ2) is 11.2. The molecule has 0 spiro atoms. The van der Waals surface area contributed by atoms with Crippen molar-refractivity contribution in [2.24, 2.45) is 17.3 Å². The van der Waals surface area contributed by atoms with Crippen LogP contribution in [0.15, 0.2) is 49.1 Å². The molecule has 2 fully saturated rings. The summed E-state index contributed by atoms with van der Waals surface area (Å²) in [5.41, 5.74) is -0.177. The Labute approximate surface area is 225 Å². The number of cyclic esters (lactones) is 1. The Bertz CT molecular complexity index is 1180. The Kier molecular flexibility index (Phi) is 8.40. The van der Waals surface area contributed by atoms with Crippen LogP contribution in [0.2, 0.25) is 0 Å². The predicted octanol–water partition coefficient (Wildman–Crippen LogP) is 5.09. The molecular weight excluding hydrogens is 482 g/mol. The molecule has 1 aromatic carbocycles. The van der Waals surface area contributed by atoms with Gasteiger partial charge >= 0.3 is 5.97 Å². The number of carbonyl (C=O) groups is 2. The number of fused-ring (bicyclic) bond motifs is 2. The molecule has 0 saturated carbocycles. The number of rotatable bonds is 3. The molecule has 206 valence electrons. The molecule has 0 bridgehead atoms. The number of aliphatic hydroxyl groups excluding tert-OH is 2. The molecule has 7 nitrogen and oxygen atoms in total. The van der Waals surface area contributed by atoms with Gasteiger partial charge in [0.15, 0.2) is 0 Å². The van der Waals surface area contributed by atoms with Crippen LogP contribution >= 0.6 is 0 Å². The minimum absolute atomic E-state index is 0.0989. The van der Waals surface area contributed by atoms with Crippen LogP contribution in [-0.2, 0) is 19.1 Å². The lowest BCUT2D eigenvalue weighted by atomic mass is 9.71. The molecule has 38 heavy (non-hydrogen) atoms. The number of pyridine rings is 1. The van der Waals surface area contributed by atoms with Crippen molar-refractivity contribution >= 4 is 22.7 Å². The molecule has 2 unspecified atom stereocenters. The van der Waals surface area contributed by atoms with E-state index in [1.165, 1.54) is 0 Å². The van der Waals surface area contributed by atoms with Crippen LogP contribution in [0.4, 0.5) is 0 Å². The lowest BCUT2D eigenvalue weighted by Crippen LogP contribution is -2.46. The molecule has 2 aromatic rings. The minimum Gasteiger partial charge on any atom is -0.456 e. The van der Waals surface area contributed by atoms with Gasteiger partial charge in [0.25, 0.3) is 0 Å². The molecular formula is C31H41NO6. The molecule has 0 amide bonds. The monoisotopic (exact) mass is 523 g/mol. The van der Waals surface area contributed by atoms with Gasteiger partial charge in [0, 0.05) is 17.7 Å². The molecule has 2 aliphatic heterocycles. The maximum Gasteiger partial charge on any atom is 0.309 e. The van der Waals surface area contributed by atoms with Gasteiger partial charge < -0.3 is 19.7 Å². The number of Topliss-reactive ketones (excluding diaryl/α,β-unsaturated/α-hetero) is 1. The Balaban J connectivity index is 1.63. The molecule has 2 N–H and O–H groups in total. The summed E-state index contributed by atoms with van der Waals surface area (Å²) in [7, 11) is 0. The van der Waals surface area contributed by atoms with Gasteiger partial charge in [0.1, 0.15) is 11.9 Å². The summed E-state index contributed by atoms with van der Waals surface area (Å²) in [5, 5.41) is 23.2. The van der Waals surface area contributed by atoms with Crippen molar-refractivity contribution in [3.05, 3.63) is 54.7 Å². The van der Waals surface area contributed by atoms with Gasteiger partial charge in [-0.1, -0.05) is 57.5 Å². The Hall–Kier alpha value is -2.61. The highest BCUT2D eigenvalue weighted by Gasteiger charge is 2.53. The first-order valence-electron chi connectivity index (χ1n) is 13.7. The number of nitrogens with zero attached hydrogens (tertiary/aromatic N) is 1. The van der Waals surface area contributed by atoms with Gasteiger partial charge in [-0.3, -0.25) is 9.59 Å². The van der Waals surface area contributed by atoms with E-state index in [4.69, 9.17) is 14.5 Å². The molecule has 2 aliphatic rings. The highest BCUT2D eigenvalue weighted by atomic mass is 16.6. The minimum atomic E-state index is -1.28. The van der Waals surface area contributed by atoms with Gasteiger partial charge in [-0.25, -0.2) is 4.98 Å². The van der Waals surface area contributed by atoms with E-state index >= 15 is 0 Å². The quantitative estimate of drug-likeness (QED) is 0.328. The van der Waals surface area contributed by atoms with E-state index in [2.05, 4.69) is 13.5 Å². The number of ether oxygens (including phenoxy) is 2. The number of para-hydroxylation sites is 1. The second-order valence-corrected chi connectivity index (χ2v) is 11.9. The summed E-state index contributed by atoms with van der Waals surface area (Å²) in [6.07, 6.45) is 1.48. The first-order valence-corrected chi connectivity index (χ1v) is 13.7. The average molecular weight is 524 g/mol. The van der Waals surface area contributed by atoms with Gasteiger partial charge in [-0.2, -0.15) is 0 Å². The Morgan fingerprint density at radius 1 is 1.13 bits per heavy atom. The number of hydrogen-bond donors (Lipinski definition) is 2. The lowest BCUT2D eigenvalue weighted by molar-refractivity contribution is -0.156. The number of ketones is 1. The second-order valence-electron chi connectivity index (χ2n) is 11.9. The number of allylic oxidation sites excluding steroid dienone is 1. The van der Waals surface area contributed by atoms with Crippen LogP contribution < -0.4 is 0 Å². The fourth-order valence-corrected chi connectivity index (χ4v) is 5.68. The first kappa shape index (κ1) is 28.4. The fourth-order valence-electron chi connectivity index (χ4n) is 5.68. The van der Waals surface area contributed by atoms with Crippen LogP contribution in [-0.4, -0.2) is 50.9 Å². The van der Waals surface area contributed by atoms with Crippen molar-refractivity contribution in [3.8, 4) is 0 Å². The zero-order valence-corrected chi connectivity index (χ0v) is 22.9. The summed E-state index contributed by atoms with van der Waals surface area (Å²) in [4.78, 5) is 31.5. The van der Waals surface area contributed by atoms with E-state index in [1.807, 2.05) is 43.3 Å². The maximum atomic E-state index is 13.6. The zero-order valence-electron chi connectivity index (χ0n) is 22.9. The topological polar surface area (TPSA) is 109 Å². The van der Waals surface area contributed by atoms with Crippen LogP contribution in [0, 0.1) is 17.3 Å². The number of epoxide rings is 1. The average Bonchev–Trinajstić information content (AvgIpc) is 3.53. The predicted molar refractivity (Wildman–Crippen MR) is 145 cm³/mol. The van der Waals surface area contributed by atoms with Gasteiger partial charge in [-0.05, 0) is 44.2 Å². The zero-order chi connectivity index (χ0) is 27.7. The summed E-state index contributed by atoms with van der Waals surface area (Å²) in [5.74, 6) is -1.73. The third-order valence-electron chi connectivity index (χ3n) is 8.60. The molecule has 3 heterocycles. The van der Waals surface area contributed by atoms with E-state index < -0.39 is 35.6 Å². The molecule has 0 radical (unpaired) electrons. The SMILES string of the molecule is C=CC[C@H]1C(=O)C(C)(C)[C@@H](O)CC(=O)O[C@H](c2ccc3ccccc3n2)CC2OC2(C)CCC[C@H](C)[C@H]1O. The molecule has 2 saturated heterocycles.